The van der Waals surface area contributed by atoms with Crippen LogP contribution in [0.2, 0.25) is 0 Å². The van der Waals surface area contributed by atoms with Crippen molar-refractivity contribution < 1.29 is 23.2 Å². The second kappa shape index (κ2) is 9.15. The van der Waals surface area contributed by atoms with Crippen molar-refractivity contribution in [3.8, 4) is 17.1 Å². The van der Waals surface area contributed by atoms with Crippen LogP contribution >= 0.6 is 0 Å². The van der Waals surface area contributed by atoms with Crippen LogP contribution in [-0.2, 0) is 4.79 Å². The van der Waals surface area contributed by atoms with Gasteiger partial charge in [-0.3, -0.25) is 9.59 Å². The Hall–Kier alpha value is -3.10. The van der Waals surface area contributed by atoms with Gasteiger partial charge in [-0.15, -0.1) is 0 Å². The van der Waals surface area contributed by atoms with Crippen molar-refractivity contribution in [2.75, 3.05) is 45.7 Å². The maximum atomic E-state index is 13.9. The van der Waals surface area contributed by atoms with Crippen LogP contribution in [0.15, 0.2) is 22.7 Å². The van der Waals surface area contributed by atoms with Gasteiger partial charge in [0.05, 0.1) is 7.11 Å². The van der Waals surface area contributed by atoms with E-state index in [2.05, 4.69) is 10.5 Å². The number of anilines is 1. The first-order chi connectivity index (χ1) is 14.3. The summed E-state index contributed by atoms with van der Waals surface area (Å²) in [7, 11) is 4.93. The van der Waals surface area contributed by atoms with E-state index in [1.54, 1.807) is 23.9 Å². The van der Waals surface area contributed by atoms with Crippen molar-refractivity contribution in [2.24, 2.45) is 5.92 Å². The fourth-order valence-electron chi connectivity index (χ4n) is 3.64. The van der Waals surface area contributed by atoms with Gasteiger partial charge in [0.2, 0.25) is 5.91 Å². The summed E-state index contributed by atoms with van der Waals surface area (Å²) in [6.45, 7) is 3.16. The molecule has 162 valence electrons. The lowest BCUT2D eigenvalue weighted by Gasteiger charge is -2.33. The summed E-state index contributed by atoms with van der Waals surface area (Å²) in [6, 6.07) is 4.29. The van der Waals surface area contributed by atoms with Gasteiger partial charge in [0, 0.05) is 46.2 Å². The fourth-order valence-corrected chi connectivity index (χ4v) is 3.64. The highest BCUT2D eigenvalue weighted by atomic mass is 19.1. The predicted octanol–water partition coefficient (Wildman–Crippen LogP) is 2.54. The number of likely N-dealkylation sites (tertiary alicyclic amines) is 1. The van der Waals surface area contributed by atoms with Crippen molar-refractivity contribution in [1.29, 1.82) is 0 Å². The van der Waals surface area contributed by atoms with Crippen LogP contribution in [0.4, 0.5) is 10.2 Å². The van der Waals surface area contributed by atoms with E-state index in [1.165, 1.54) is 32.2 Å². The first-order valence-electron chi connectivity index (χ1n) is 9.86. The summed E-state index contributed by atoms with van der Waals surface area (Å²) >= 11 is 0. The molecular weight excluding hydrogens is 391 g/mol. The second-order valence-corrected chi connectivity index (χ2v) is 7.65. The molecule has 8 nitrogen and oxygen atoms in total. The summed E-state index contributed by atoms with van der Waals surface area (Å²) in [6.07, 6.45) is 1.79. The summed E-state index contributed by atoms with van der Waals surface area (Å²) < 4.78 is 24.4. The standard InChI is InChI=1S/C21H27FN4O4/c1-13(27)23-11-14-6-5-9-26(12-14)21(28)18-19(30-24-20(18)25(2)3)15-7-8-16(22)17(10-15)29-4/h7-8,10,14H,5-6,9,11-12H2,1-4H3,(H,23,27). The number of aromatic nitrogens is 1. The summed E-state index contributed by atoms with van der Waals surface area (Å²) in [5, 5.41) is 6.91. The van der Waals surface area contributed by atoms with Gasteiger partial charge in [-0.05, 0) is 37.0 Å². The number of hydrogen-bond acceptors (Lipinski definition) is 6. The van der Waals surface area contributed by atoms with Gasteiger partial charge in [0.25, 0.3) is 5.91 Å². The van der Waals surface area contributed by atoms with Gasteiger partial charge < -0.3 is 24.4 Å². The molecular formula is C21H27FN4O4. The van der Waals surface area contributed by atoms with Gasteiger partial charge in [0.15, 0.2) is 23.1 Å². The number of halogens is 1. The highest BCUT2D eigenvalue weighted by Crippen LogP contribution is 2.35. The van der Waals surface area contributed by atoms with Gasteiger partial charge >= 0.3 is 0 Å². The van der Waals surface area contributed by atoms with E-state index in [4.69, 9.17) is 9.26 Å². The topological polar surface area (TPSA) is 87.9 Å². The molecule has 1 aliphatic heterocycles. The largest absolute Gasteiger partial charge is 0.494 e. The Balaban J connectivity index is 1.93. The quantitative estimate of drug-likeness (QED) is 0.776. The van der Waals surface area contributed by atoms with Crippen LogP contribution in [-0.4, -0.2) is 62.7 Å². The number of amides is 2. The first kappa shape index (κ1) is 21.6. The highest BCUT2D eigenvalue weighted by molar-refractivity contribution is 6.04. The molecule has 1 aromatic heterocycles. The number of hydrogen-bond donors (Lipinski definition) is 1. The number of nitrogens with one attached hydrogen (secondary N) is 1. The first-order valence-corrected chi connectivity index (χ1v) is 9.86. The lowest BCUT2D eigenvalue weighted by atomic mass is 9.96. The van der Waals surface area contributed by atoms with Gasteiger partial charge in [0.1, 0.15) is 5.56 Å². The Bertz CT molecular complexity index is 928. The predicted molar refractivity (Wildman–Crippen MR) is 110 cm³/mol. The third-order valence-electron chi connectivity index (χ3n) is 5.17. The molecule has 2 aromatic rings. The molecule has 2 amide bonds. The minimum absolute atomic E-state index is 0.0574. The van der Waals surface area contributed by atoms with E-state index in [9.17, 15) is 14.0 Å². The highest BCUT2D eigenvalue weighted by Gasteiger charge is 2.32. The lowest BCUT2D eigenvalue weighted by molar-refractivity contribution is -0.119. The molecule has 1 saturated heterocycles. The summed E-state index contributed by atoms with van der Waals surface area (Å²) in [5.41, 5.74) is 0.831. The van der Waals surface area contributed by atoms with Crippen molar-refractivity contribution in [3.05, 3.63) is 29.6 Å². The van der Waals surface area contributed by atoms with Crippen LogP contribution in [0.5, 0.6) is 5.75 Å². The fraction of sp³-hybridized carbons (Fsp3) is 0.476. The summed E-state index contributed by atoms with van der Waals surface area (Å²) in [5.74, 6) is 0.128. The smallest absolute Gasteiger partial charge is 0.261 e. The normalized spacial score (nSPS) is 16.3. The number of carbonyl (C=O) groups excluding carboxylic acids is 2. The molecule has 1 aromatic carbocycles. The number of rotatable bonds is 6. The van der Waals surface area contributed by atoms with E-state index in [1.807, 2.05) is 0 Å². The number of benzene rings is 1. The molecule has 1 N–H and O–H groups in total. The van der Waals surface area contributed by atoms with Crippen molar-refractivity contribution in [1.82, 2.24) is 15.4 Å². The summed E-state index contributed by atoms with van der Waals surface area (Å²) in [4.78, 5) is 28.2. The Morgan fingerprint density at radius 2 is 2.17 bits per heavy atom. The van der Waals surface area contributed by atoms with Crippen LogP contribution < -0.4 is 15.0 Å². The van der Waals surface area contributed by atoms with E-state index in [0.717, 1.165) is 12.8 Å². The third kappa shape index (κ3) is 4.55. The molecule has 2 heterocycles. The number of carbonyl (C=O) groups is 2. The van der Waals surface area contributed by atoms with Crippen molar-refractivity contribution >= 4 is 17.6 Å². The van der Waals surface area contributed by atoms with Gasteiger partial charge in [-0.25, -0.2) is 4.39 Å². The van der Waals surface area contributed by atoms with Crippen molar-refractivity contribution in [2.45, 2.75) is 19.8 Å². The monoisotopic (exact) mass is 418 g/mol. The van der Waals surface area contributed by atoms with Crippen molar-refractivity contribution in [3.63, 3.8) is 0 Å². The Labute approximate surface area is 174 Å². The SMILES string of the molecule is COc1cc(-c2onc(N(C)C)c2C(=O)N2CCCC(CNC(C)=O)C2)ccc1F. The van der Waals surface area contributed by atoms with Gasteiger partial charge in [-0.1, -0.05) is 5.16 Å². The molecule has 0 bridgehead atoms. The average Bonchev–Trinajstić information content (AvgIpc) is 3.17. The van der Waals surface area contributed by atoms with Gasteiger partial charge in [-0.2, -0.15) is 0 Å². The minimum Gasteiger partial charge on any atom is -0.494 e. The Morgan fingerprint density at radius 1 is 1.40 bits per heavy atom. The molecule has 0 saturated carbocycles. The maximum Gasteiger partial charge on any atom is 0.261 e. The average molecular weight is 418 g/mol. The Morgan fingerprint density at radius 3 is 2.83 bits per heavy atom. The lowest BCUT2D eigenvalue weighted by Crippen LogP contribution is -2.43. The van der Waals surface area contributed by atoms with Crippen LogP contribution in [0, 0.1) is 11.7 Å². The molecule has 0 radical (unpaired) electrons. The maximum absolute atomic E-state index is 13.9. The zero-order valence-electron chi connectivity index (χ0n) is 17.7. The van der Waals surface area contributed by atoms with E-state index in [-0.39, 0.29) is 29.2 Å². The number of methoxy groups -OCH3 is 1. The van der Waals surface area contributed by atoms with Crippen LogP contribution in [0.3, 0.4) is 0 Å². The number of nitrogens with zero attached hydrogens (tertiary/aromatic N) is 3. The number of piperidine rings is 1. The molecule has 9 heteroatoms. The minimum atomic E-state index is -0.502. The molecule has 1 fully saturated rings. The number of ether oxygens (including phenoxy) is 1. The molecule has 30 heavy (non-hydrogen) atoms. The van der Waals surface area contributed by atoms with Crippen LogP contribution in [0.1, 0.15) is 30.1 Å². The second-order valence-electron chi connectivity index (χ2n) is 7.65. The van der Waals surface area contributed by atoms with E-state index in [0.29, 0.717) is 36.6 Å². The van der Waals surface area contributed by atoms with E-state index < -0.39 is 5.82 Å². The Kier molecular flexibility index (Phi) is 6.59. The molecule has 0 aliphatic carbocycles. The molecule has 3 rings (SSSR count). The molecule has 0 spiro atoms. The van der Waals surface area contributed by atoms with E-state index >= 15 is 0 Å². The molecule has 1 unspecified atom stereocenters. The zero-order valence-corrected chi connectivity index (χ0v) is 17.7. The molecule has 1 aliphatic rings. The zero-order chi connectivity index (χ0) is 21.8. The molecule has 1 atom stereocenters. The van der Waals surface area contributed by atoms with Crippen LogP contribution in [0.25, 0.3) is 11.3 Å². The third-order valence-corrected chi connectivity index (χ3v) is 5.17.